The fourth-order valence-electron chi connectivity index (χ4n) is 3.72. The number of imidazole rings is 1. The van der Waals surface area contributed by atoms with E-state index in [9.17, 15) is 9.18 Å². The summed E-state index contributed by atoms with van der Waals surface area (Å²) in [5, 5.41) is 0. The summed E-state index contributed by atoms with van der Waals surface area (Å²) in [4.78, 5) is 19.6. The lowest BCUT2D eigenvalue weighted by molar-refractivity contribution is 0.0499. The largest absolute Gasteiger partial charge is 0.376 e. The summed E-state index contributed by atoms with van der Waals surface area (Å²) >= 11 is 0. The molecule has 1 saturated heterocycles. The van der Waals surface area contributed by atoms with E-state index in [4.69, 9.17) is 4.74 Å². The highest BCUT2D eigenvalue weighted by molar-refractivity contribution is 5.94. The molecule has 0 bridgehead atoms. The SMILES string of the molecule is Cc1ccc(C(=O)N(Cc2nccn2Cc2ccc(F)cc2)C[C@H]2CCCO2)cc1. The van der Waals surface area contributed by atoms with Crippen molar-refractivity contribution in [3.8, 4) is 0 Å². The summed E-state index contributed by atoms with van der Waals surface area (Å²) < 4.78 is 21.0. The Hall–Kier alpha value is -2.99. The quantitative estimate of drug-likeness (QED) is 0.590. The molecule has 0 spiro atoms. The van der Waals surface area contributed by atoms with E-state index >= 15 is 0 Å². The molecule has 3 aromatic rings. The topological polar surface area (TPSA) is 47.4 Å². The molecule has 1 aromatic heterocycles. The lowest BCUT2D eigenvalue weighted by atomic mass is 10.1. The van der Waals surface area contributed by atoms with Gasteiger partial charge >= 0.3 is 0 Å². The average molecular weight is 407 g/mol. The third-order valence-electron chi connectivity index (χ3n) is 5.43. The zero-order valence-electron chi connectivity index (χ0n) is 17.1. The minimum atomic E-state index is -0.254. The minimum absolute atomic E-state index is 0.0261. The Morgan fingerprint density at radius 3 is 2.67 bits per heavy atom. The van der Waals surface area contributed by atoms with Crippen molar-refractivity contribution in [2.75, 3.05) is 13.2 Å². The molecule has 156 valence electrons. The van der Waals surface area contributed by atoms with Gasteiger partial charge in [0.15, 0.2) is 0 Å². The summed E-state index contributed by atoms with van der Waals surface area (Å²) in [5.41, 5.74) is 2.76. The van der Waals surface area contributed by atoms with Crippen molar-refractivity contribution < 1.29 is 13.9 Å². The maximum absolute atomic E-state index is 13.3. The van der Waals surface area contributed by atoms with Gasteiger partial charge in [-0.15, -0.1) is 0 Å². The molecule has 6 heteroatoms. The van der Waals surface area contributed by atoms with Crippen LogP contribution in [0.1, 0.15) is 40.2 Å². The van der Waals surface area contributed by atoms with E-state index in [1.807, 2.05) is 46.9 Å². The highest BCUT2D eigenvalue weighted by Gasteiger charge is 2.25. The second-order valence-electron chi connectivity index (χ2n) is 7.78. The fourth-order valence-corrected chi connectivity index (χ4v) is 3.72. The summed E-state index contributed by atoms with van der Waals surface area (Å²) in [5.74, 6) is 0.510. The molecule has 0 N–H and O–H groups in total. The first-order chi connectivity index (χ1) is 14.6. The van der Waals surface area contributed by atoms with Gasteiger partial charge in [0.2, 0.25) is 0 Å². The highest BCUT2D eigenvalue weighted by Crippen LogP contribution is 2.18. The van der Waals surface area contributed by atoms with Crippen LogP contribution in [0.25, 0.3) is 0 Å². The van der Waals surface area contributed by atoms with E-state index in [0.717, 1.165) is 36.4 Å². The number of hydrogen-bond acceptors (Lipinski definition) is 3. The van der Waals surface area contributed by atoms with Gasteiger partial charge in [0.1, 0.15) is 11.6 Å². The maximum Gasteiger partial charge on any atom is 0.254 e. The van der Waals surface area contributed by atoms with Crippen LogP contribution < -0.4 is 0 Å². The van der Waals surface area contributed by atoms with Gasteiger partial charge in [-0.3, -0.25) is 4.79 Å². The number of carbonyl (C=O) groups is 1. The standard InChI is InChI=1S/C24H26FN3O2/c1-18-4-8-20(9-5-18)24(29)28(16-22-3-2-14-30-22)17-23-26-12-13-27(23)15-19-6-10-21(25)11-7-19/h4-13,22H,2-3,14-17H2,1H3/t22-/m1/s1. The van der Waals surface area contributed by atoms with Gasteiger partial charge in [-0.25, -0.2) is 9.37 Å². The van der Waals surface area contributed by atoms with Gasteiger partial charge in [0.25, 0.3) is 5.91 Å². The van der Waals surface area contributed by atoms with Crippen LogP contribution in [0.2, 0.25) is 0 Å². The molecule has 1 amide bonds. The van der Waals surface area contributed by atoms with Crippen LogP contribution >= 0.6 is 0 Å². The van der Waals surface area contributed by atoms with E-state index in [1.54, 1.807) is 18.3 Å². The number of hydrogen-bond donors (Lipinski definition) is 0. The van der Waals surface area contributed by atoms with Crippen molar-refractivity contribution >= 4 is 5.91 Å². The number of aromatic nitrogens is 2. The molecule has 0 aliphatic carbocycles. The fraction of sp³-hybridized carbons (Fsp3) is 0.333. The molecular weight excluding hydrogens is 381 g/mol. The number of benzene rings is 2. The minimum Gasteiger partial charge on any atom is -0.376 e. The van der Waals surface area contributed by atoms with Gasteiger partial charge in [0, 0.05) is 37.7 Å². The Bertz CT molecular complexity index is 976. The molecule has 30 heavy (non-hydrogen) atoms. The van der Waals surface area contributed by atoms with Crippen molar-refractivity contribution in [1.29, 1.82) is 0 Å². The summed E-state index contributed by atoms with van der Waals surface area (Å²) in [6.07, 6.45) is 5.66. The number of halogens is 1. The Balaban J connectivity index is 1.54. The number of nitrogens with zero attached hydrogens (tertiary/aromatic N) is 3. The van der Waals surface area contributed by atoms with E-state index in [0.29, 0.717) is 25.2 Å². The van der Waals surface area contributed by atoms with Crippen LogP contribution in [0.4, 0.5) is 4.39 Å². The van der Waals surface area contributed by atoms with Crippen molar-refractivity contribution in [1.82, 2.24) is 14.5 Å². The van der Waals surface area contributed by atoms with Crippen LogP contribution in [-0.4, -0.2) is 39.6 Å². The first-order valence-electron chi connectivity index (χ1n) is 10.3. The zero-order chi connectivity index (χ0) is 20.9. The third-order valence-corrected chi connectivity index (χ3v) is 5.43. The first-order valence-corrected chi connectivity index (χ1v) is 10.3. The zero-order valence-corrected chi connectivity index (χ0v) is 17.1. The molecule has 2 aromatic carbocycles. The lowest BCUT2D eigenvalue weighted by Gasteiger charge is -2.26. The predicted octanol–water partition coefficient (Wildman–Crippen LogP) is 4.20. The van der Waals surface area contributed by atoms with Crippen molar-refractivity contribution in [3.05, 3.63) is 89.3 Å². The molecular formula is C24H26FN3O2. The van der Waals surface area contributed by atoms with Crippen LogP contribution in [0.5, 0.6) is 0 Å². The molecule has 0 saturated carbocycles. The summed E-state index contributed by atoms with van der Waals surface area (Å²) in [6, 6.07) is 14.1. The van der Waals surface area contributed by atoms with Crippen LogP contribution in [0.15, 0.2) is 60.9 Å². The number of aryl methyl sites for hydroxylation is 1. The Kier molecular flexibility index (Phi) is 6.23. The summed E-state index contributed by atoms with van der Waals surface area (Å²) in [6.45, 7) is 4.25. The molecule has 1 aliphatic heterocycles. The van der Waals surface area contributed by atoms with Gasteiger partial charge in [0.05, 0.1) is 12.6 Å². The molecule has 1 atom stereocenters. The predicted molar refractivity (Wildman–Crippen MR) is 113 cm³/mol. The molecule has 4 rings (SSSR count). The Morgan fingerprint density at radius 1 is 1.20 bits per heavy atom. The molecule has 0 unspecified atom stereocenters. The van der Waals surface area contributed by atoms with Gasteiger partial charge in [-0.1, -0.05) is 29.8 Å². The van der Waals surface area contributed by atoms with E-state index in [1.165, 1.54) is 12.1 Å². The van der Waals surface area contributed by atoms with Crippen LogP contribution in [0, 0.1) is 12.7 Å². The second kappa shape index (κ2) is 9.22. The van der Waals surface area contributed by atoms with Crippen LogP contribution in [0.3, 0.4) is 0 Å². The Morgan fingerprint density at radius 2 is 1.97 bits per heavy atom. The second-order valence-corrected chi connectivity index (χ2v) is 7.78. The van der Waals surface area contributed by atoms with E-state index in [-0.39, 0.29) is 17.8 Å². The Labute approximate surface area is 176 Å². The average Bonchev–Trinajstić information content (AvgIpc) is 3.42. The molecule has 0 radical (unpaired) electrons. The van der Waals surface area contributed by atoms with Crippen molar-refractivity contribution in [2.45, 2.75) is 39.0 Å². The number of ether oxygens (including phenoxy) is 1. The van der Waals surface area contributed by atoms with Gasteiger partial charge in [-0.05, 0) is 49.6 Å². The lowest BCUT2D eigenvalue weighted by Crippen LogP contribution is -2.37. The number of amides is 1. The van der Waals surface area contributed by atoms with E-state index in [2.05, 4.69) is 4.98 Å². The van der Waals surface area contributed by atoms with Gasteiger partial charge < -0.3 is 14.2 Å². The van der Waals surface area contributed by atoms with Crippen molar-refractivity contribution in [2.24, 2.45) is 0 Å². The molecule has 5 nitrogen and oxygen atoms in total. The summed E-state index contributed by atoms with van der Waals surface area (Å²) in [7, 11) is 0. The smallest absolute Gasteiger partial charge is 0.254 e. The third kappa shape index (κ3) is 4.94. The maximum atomic E-state index is 13.3. The highest BCUT2D eigenvalue weighted by atomic mass is 19.1. The number of carbonyl (C=O) groups excluding carboxylic acids is 1. The monoisotopic (exact) mass is 407 g/mol. The van der Waals surface area contributed by atoms with E-state index < -0.39 is 0 Å². The molecule has 1 fully saturated rings. The molecule has 1 aliphatic rings. The normalized spacial score (nSPS) is 16.0. The van der Waals surface area contributed by atoms with Crippen molar-refractivity contribution in [3.63, 3.8) is 0 Å². The van der Waals surface area contributed by atoms with Crippen LogP contribution in [-0.2, 0) is 17.8 Å². The van der Waals surface area contributed by atoms with Gasteiger partial charge in [-0.2, -0.15) is 0 Å². The first kappa shape index (κ1) is 20.3. The molecule has 2 heterocycles. The number of rotatable bonds is 7.